The summed E-state index contributed by atoms with van der Waals surface area (Å²) in [4.78, 5) is 0. The number of rotatable bonds is 7. The lowest BCUT2D eigenvalue weighted by Crippen LogP contribution is -2.18. The molecule has 136 valence electrons. The van der Waals surface area contributed by atoms with Gasteiger partial charge in [0, 0.05) is 24.7 Å². The van der Waals surface area contributed by atoms with Crippen LogP contribution in [0.15, 0.2) is 36.4 Å². The van der Waals surface area contributed by atoms with Crippen LogP contribution in [-0.4, -0.2) is 21.3 Å². The van der Waals surface area contributed by atoms with Gasteiger partial charge >= 0.3 is 6.18 Å². The first-order valence-corrected chi connectivity index (χ1v) is 7.55. The van der Waals surface area contributed by atoms with E-state index in [1.165, 1.54) is 26.4 Å². The average molecular weight is 355 g/mol. The minimum atomic E-state index is -4.48. The Hall–Kier alpha value is -2.41. The Morgan fingerprint density at radius 3 is 2.12 bits per heavy atom. The Bertz CT molecular complexity index is 717. The van der Waals surface area contributed by atoms with Gasteiger partial charge < -0.3 is 19.5 Å². The first-order valence-electron chi connectivity index (χ1n) is 7.55. The lowest BCUT2D eigenvalue weighted by atomic mass is 10.1. The van der Waals surface area contributed by atoms with Crippen molar-refractivity contribution in [3.05, 3.63) is 53.1 Å². The van der Waals surface area contributed by atoms with Crippen LogP contribution in [0.4, 0.5) is 13.2 Å². The van der Waals surface area contributed by atoms with E-state index in [0.29, 0.717) is 18.0 Å². The number of hydrogen-bond donors (Lipinski definition) is 1. The molecule has 0 aromatic heterocycles. The predicted octanol–water partition coefficient (Wildman–Crippen LogP) is 4.02. The highest BCUT2D eigenvalue weighted by Gasteiger charge is 2.36. The molecule has 0 atom stereocenters. The molecule has 1 N–H and O–H groups in total. The van der Waals surface area contributed by atoms with Crippen molar-refractivity contribution < 1.29 is 27.4 Å². The number of halogens is 3. The third kappa shape index (κ3) is 4.57. The van der Waals surface area contributed by atoms with Crippen molar-refractivity contribution in [1.29, 1.82) is 0 Å². The summed E-state index contributed by atoms with van der Waals surface area (Å²) in [6.07, 6.45) is -4.48. The normalized spacial score (nSPS) is 11.3. The molecule has 0 fully saturated rings. The molecule has 0 heterocycles. The molecule has 0 aliphatic carbocycles. The van der Waals surface area contributed by atoms with Crippen molar-refractivity contribution in [1.82, 2.24) is 5.32 Å². The number of methoxy groups -OCH3 is 3. The largest absolute Gasteiger partial charge is 0.497 e. The molecule has 2 rings (SSSR count). The topological polar surface area (TPSA) is 39.7 Å². The molecule has 0 bridgehead atoms. The molecular weight excluding hydrogens is 335 g/mol. The molecule has 0 radical (unpaired) electrons. The number of alkyl halides is 3. The van der Waals surface area contributed by atoms with Crippen LogP contribution in [0.3, 0.4) is 0 Å². The van der Waals surface area contributed by atoms with Crippen LogP contribution in [0.25, 0.3) is 0 Å². The molecule has 4 nitrogen and oxygen atoms in total. The maximum atomic E-state index is 13.3. The predicted molar refractivity (Wildman–Crippen MR) is 88.1 cm³/mol. The maximum Gasteiger partial charge on any atom is 0.420 e. The first-order chi connectivity index (χ1) is 11.9. The summed E-state index contributed by atoms with van der Waals surface area (Å²) in [7, 11) is 4.31. The molecule has 0 saturated heterocycles. The number of nitrogens with one attached hydrogen (secondary N) is 1. The van der Waals surface area contributed by atoms with Gasteiger partial charge in [-0.15, -0.1) is 0 Å². The van der Waals surface area contributed by atoms with Gasteiger partial charge in [-0.1, -0.05) is 18.2 Å². The van der Waals surface area contributed by atoms with Crippen LogP contribution in [0, 0.1) is 0 Å². The Morgan fingerprint density at radius 1 is 0.840 bits per heavy atom. The van der Waals surface area contributed by atoms with Crippen LogP contribution in [0.1, 0.15) is 16.7 Å². The van der Waals surface area contributed by atoms with Crippen molar-refractivity contribution in [2.45, 2.75) is 19.3 Å². The lowest BCUT2D eigenvalue weighted by molar-refractivity contribution is -0.139. The van der Waals surface area contributed by atoms with E-state index in [0.717, 1.165) is 5.56 Å². The molecule has 0 aliphatic heterocycles. The highest BCUT2D eigenvalue weighted by atomic mass is 19.4. The van der Waals surface area contributed by atoms with Crippen LogP contribution in [0.5, 0.6) is 17.2 Å². The van der Waals surface area contributed by atoms with Crippen LogP contribution >= 0.6 is 0 Å². The molecule has 0 unspecified atom stereocenters. The van der Waals surface area contributed by atoms with Gasteiger partial charge in [0.2, 0.25) is 0 Å². The summed E-state index contributed by atoms with van der Waals surface area (Å²) in [5.41, 5.74) is 0.186. The Labute approximate surface area is 144 Å². The summed E-state index contributed by atoms with van der Waals surface area (Å²) in [5, 5.41) is 3.02. The van der Waals surface area contributed by atoms with Gasteiger partial charge in [-0.3, -0.25) is 0 Å². The van der Waals surface area contributed by atoms with Crippen molar-refractivity contribution in [2.24, 2.45) is 0 Å². The Kier molecular flexibility index (Phi) is 6.14. The quantitative estimate of drug-likeness (QED) is 0.814. The summed E-state index contributed by atoms with van der Waals surface area (Å²) in [5.74, 6) is 1.06. The van der Waals surface area contributed by atoms with Crippen molar-refractivity contribution in [3.63, 3.8) is 0 Å². The van der Waals surface area contributed by atoms with Gasteiger partial charge in [0.05, 0.1) is 21.3 Å². The average Bonchev–Trinajstić information content (AvgIpc) is 2.60. The number of ether oxygens (including phenoxy) is 3. The fourth-order valence-electron chi connectivity index (χ4n) is 2.55. The fraction of sp³-hybridized carbons (Fsp3) is 0.333. The van der Waals surface area contributed by atoms with Gasteiger partial charge in [0.15, 0.2) is 0 Å². The van der Waals surface area contributed by atoms with Gasteiger partial charge in [-0.05, 0) is 17.7 Å². The van der Waals surface area contributed by atoms with Crippen molar-refractivity contribution in [2.75, 3.05) is 21.3 Å². The van der Waals surface area contributed by atoms with E-state index in [9.17, 15) is 13.2 Å². The number of hydrogen-bond acceptors (Lipinski definition) is 4. The zero-order valence-corrected chi connectivity index (χ0v) is 14.2. The number of benzene rings is 2. The van der Waals surface area contributed by atoms with Gasteiger partial charge in [-0.2, -0.15) is 13.2 Å². The second-order valence-corrected chi connectivity index (χ2v) is 5.27. The van der Waals surface area contributed by atoms with Gasteiger partial charge in [-0.25, -0.2) is 0 Å². The highest BCUT2D eigenvalue weighted by molar-refractivity contribution is 5.43. The fourth-order valence-corrected chi connectivity index (χ4v) is 2.55. The van der Waals surface area contributed by atoms with E-state index < -0.39 is 11.7 Å². The van der Waals surface area contributed by atoms with E-state index in [-0.39, 0.29) is 17.9 Å². The summed E-state index contributed by atoms with van der Waals surface area (Å²) in [6.45, 7) is 0.392. The molecule has 0 saturated carbocycles. The summed E-state index contributed by atoms with van der Waals surface area (Å²) >= 11 is 0. The molecule has 0 amide bonds. The zero-order chi connectivity index (χ0) is 18.4. The molecular formula is C18H20F3NO3. The zero-order valence-electron chi connectivity index (χ0n) is 14.2. The van der Waals surface area contributed by atoms with E-state index >= 15 is 0 Å². The lowest BCUT2D eigenvalue weighted by Gasteiger charge is -2.17. The molecule has 2 aromatic rings. The van der Waals surface area contributed by atoms with Crippen LogP contribution < -0.4 is 19.5 Å². The van der Waals surface area contributed by atoms with Crippen molar-refractivity contribution in [3.8, 4) is 17.2 Å². The monoisotopic (exact) mass is 355 g/mol. The summed E-state index contributed by atoms with van der Waals surface area (Å²) in [6, 6.07) is 9.58. The Balaban J connectivity index is 2.15. The maximum absolute atomic E-state index is 13.3. The van der Waals surface area contributed by atoms with Crippen LogP contribution in [-0.2, 0) is 19.3 Å². The van der Waals surface area contributed by atoms with E-state index in [2.05, 4.69) is 5.32 Å². The van der Waals surface area contributed by atoms with E-state index in [4.69, 9.17) is 14.2 Å². The third-order valence-electron chi connectivity index (χ3n) is 3.74. The molecule has 25 heavy (non-hydrogen) atoms. The van der Waals surface area contributed by atoms with Crippen LogP contribution in [0.2, 0.25) is 0 Å². The standard InChI is InChI=1S/C18H20F3NO3/c1-23-14-8-7-12(16(9-14)25-3)10-22-11-13-5-4-6-15(24-2)17(13)18(19,20)21/h4-9,22H,10-11H2,1-3H3. The third-order valence-corrected chi connectivity index (χ3v) is 3.74. The highest BCUT2D eigenvalue weighted by Crippen LogP contribution is 2.38. The molecule has 0 aliphatic rings. The Morgan fingerprint density at radius 2 is 1.52 bits per heavy atom. The van der Waals surface area contributed by atoms with Gasteiger partial charge in [0.1, 0.15) is 22.8 Å². The smallest absolute Gasteiger partial charge is 0.420 e. The molecule has 0 spiro atoms. The SMILES string of the molecule is COc1ccc(CNCc2cccc(OC)c2C(F)(F)F)c(OC)c1. The van der Waals surface area contributed by atoms with E-state index in [1.807, 2.05) is 0 Å². The van der Waals surface area contributed by atoms with Crippen molar-refractivity contribution >= 4 is 0 Å². The first kappa shape index (κ1) is 18.9. The second kappa shape index (κ2) is 8.11. The summed E-state index contributed by atoms with van der Waals surface area (Å²) < 4.78 is 55.2. The molecule has 2 aromatic carbocycles. The minimum Gasteiger partial charge on any atom is -0.497 e. The van der Waals surface area contributed by atoms with E-state index in [1.54, 1.807) is 31.4 Å². The second-order valence-electron chi connectivity index (χ2n) is 5.27. The molecule has 7 heteroatoms. The van der Waals surface area contributed by atoms with Gasteiger partial charge in [0.25, 0.3) is 0 Å². The minimum absolute atomic E-state index is 0.0429.